The van der Waals surface area contributed by atoms with Gasteiger partial charge in [0.15, 0.2) is 11.6 Å². The first-order chi connectivity index (χ1) is 7.31. The van der Waals surface area contributed by atoms with E-state index in [0.29, 0.717) is 0 Å². The van der Waals surface area contributed by atoms with Crippen molar-refractivity contribution >= 4 is 9.84 Å². The van der Waals surface area contributed by atoms with E-state index in [4.69, 9.17) is 5.73 Å². The van der Waals surface area contributed by atoms with Crippen LogP contribution >= 0.6 is 0 Å². The van der Waals surface area contributed by atoms with E-state index in [2.05, 4.69) is 0 Å². The molecule has 0 aliphatic carbocycles. The van der Waals surface area contributed by atoms with Crippen LogP contribution in [0.25, 0.3) is 0 Å². The van der Waals surface area contributed by atoms with E-state index in [1.165, 1.54) is 12.1 Å². The SMILES string of the molecule is CS(=O)(=O)CCC(N)c1cccc(F)c1F. The van der Waals surface area contributed by atoms with Crippen LogP contribution in [0, 0.1) is 11.6 Å². The van der Waals surface area contributed by atoms with Gasteiger partial charge in [0.2, 0.25) is 0 Å². The van der Waals surface area contributed by atoms with Gasteiger partial charge in [-0.3, -0.25) is 0 Å². The van der Waals surface area contributed by atoms with E-state index in [-0.39, 0.29) is 17.7 Å². The Hall–Kier alpha value is -1.01. The molecule has 0 heterocycles. The maximum atomic E-state index is 13.3. The van der Waals surface area contributed by atoms with Crippen LogP contribution in [-0.2, 0) is 9.84 Å². The summed E-state index contributed by atoms with van der Waals surface area (Å²) in [5.74, 6) is -2.14. The van der Waals surface area contributed by atoms with Crippen molar-refractivity contribution in [2.24, 2.45) is 5.73 Å². The second-order valence-corrected chi connectivity index (χ2v) is 5.93. The molecular weight excluding hydrogens is 236 g/mol. The van der Waals surface area contributed by atoms with E-state index in [1.54, 1.807) is 0 Å². The minimum absolute atomic E-state index is 0.00338. The molecule has 0 spiro atoms. The lowest BCUT2D eigenvalue weighted by molar-refractivity contribution is 0.486. The molecule has 0 saturated heterocycles. The van der Waals surface area contributed by atoms with Crippen molar-refractivity contribution in [1.29, 1.82) is 0 Å². The Morgan fingerprint density at radius 2 is 2.00 bits per heavy atom. The molecule has 0 aliphatic rings. The van der Waals surface area contributed by atoms with E-state index in [0.717, 1.165) is 12.3 Å². The van der Waals surface area contributed by atoms with Gasteiger partial charge < -0.3 is 5.73 Å². The molecule has 0 saturated carbocycles. The van der Waals surface area contributed by atoms with Gasteiger partial charge in [0.05, 0.1) is 5.75 Å². The van der Waals surface area contributed by atoms with Crippen LogP contribution in [0.3, 0.4) is 0 Å². The van der Waals surface area contributed by atoms with Crippen LogP contribution in [-0.4, -0.2) is 20.4 Å². The third-order valence-corrected chi connectivity index (χ3v) is 3.16. The highest BCUT2D eigenvalue weighted by molar-refractivity contribution is 7.90. The molecule has 0 aromatic heterocycles. The van der Waals surface area contributed by atoms with Crippen LogP contribution in [0.15, 0.2) is 18.2 Å². The van der Waals surface area contributed by atoms with Gasteiger partial charge in [0, 0.05) is 17.9 Å². The Kier molecular flexibility index (Phi) is 3.98. The predicted molar refractivity (Wildman–Crippen MR) is 57.6 cm³/mol. The maximum absolute atomic E-state index is 13.3. The number of nitrogens with two attached hydrogens (primary N) is 1. The minimum Gasteiger partial charge on any atom is -0.324 e. The average Bonchev–Trinajstić information content (AvgIpc) is 2.17. The van der Waals surface area contributed by atoms with Gasteiger partial charge >= 0.3 is 0 Å². The van der Waals surface area contributed by atoms with Crippen LogP contribution in [0.1, 0.15) is 18.0 Å². The largest absolute Gasteiger partial charge is 0.324 e. The molecule has 0 aliphatic heterocycles. The van der Waals surface area contributed by atoms with Crippen molar-refractivity contribution in [1.82, 2.24) is 0 Å². The molecule has 2 N–H and O–H groups in total. The van der Waals surface area contributed by atoms with Crippen LogP contribution in [0.4, 0.5) is 8.78 Å². The zero-order valence-electron chi connectivity index (χ0n) is 8.78. The monoisotopic (exact) mass is 249 g/mol. The summed E-state index contributed by atoms with van der Waals surface area (Å²) in [5.41, 5.74) is 5.60. The molecule has 3 nitrogen and oxygen atoms in total. The van der Waals surface area contributed by atoms with Crippen molar-refractivity contribution in [3.63, 3.8) is 0 Å². The van der Waals surface area contributed by atoms with Crippen LogP contribution in [0.5, 0.6) is 0 Å². The van der Waals surface area contributed by atoms with Gasteiger partial charge in [-0.2, -0.15) is 0 Å². The van der Waals surface area contributed by atoms with Crippen LogP contribution < -0.4 is 5.73 Å². The second kappa shape index (κ2) is 4.88. The van der Waals surface area contributed by atoms with Gasteiger partial charge in [-0.15, -0.1) is 0 Å². The molecule has 1 aromatic carbocycles. The fourth-order valence-electron chi connectivity index (χ4n) is 1.30. The van der Waals surface area contributed by atoms with E-state index in [1.807, 2.05) is 0 Å². The fourth-order valence-corrected chi connectivity index (χ4v) is 1.99. The number of sulfone groups is 1. The van der Waals surface area contributed by atoms with Crippen molar-refractivity contribution < 1.29 is 17.2 Å². The fraction of sp³-hybridized carbons (Fsp3) is 0.400. The first-order valence-corrected chi connectivity index (χ1v) is 6.74. The number of halogens is 2. The van der Waals surface area contributed by atoms with Crippen molar-refractivity contribution in [3.8, 4) is 0 Å². The molecule has 0 radical (unpaired) electrons. The summed E-state index contributed by atoms with van der Waals surface area (Å²) in [7, 11) is -3.15. The Balaban J connectivity index is 2.81. The van der Waals surface area contributed by atoms with Crippen molar-refractivity contribution in [2.45, 2.75) is 12.5 Å². The maximum Gasteiger partial charge on any atom is 0.163 e. The molecule has 1 aromatic rings. The normalized spacial score (nSPS) is 13.8. The van der Waals surface area contributed by atoms with Crippen LogP contribution in [0.2, 0.25) is 0 Å². The molecule has 6 heteroatoms. The molecule has 0 amide bonds. The predicted octanol–water partition coefficient (Wildman–Crippen LogP) is 1.40. The summed E-state index contributed by atoms with van der Waals surface area (Å²) in [6.07, 6.45) is 1.14. The van der Waals surface area contributed by atoms with E-state index in [9.17, 15) is 17.2 Å². The summed E-state index contributed by atoms with van der Waals surface area (Å²) in [6.45, 7) is 0. The third kappa shape index (κ3) is 3.53. The summed E-state index contributed by atoms with van der Waals surface area (Å²) in [6, 6.07) is 2.87. The minimum atomic E-state index is -3.15. The highest BCUT2D eigenvalue weighted by atomic mass is 32.2. The van der Waals surface area contributed by atoms with E-state index < -0.39 is 27.5 Å². The molecule has 0 fully saturated rings. The van der Waals surface area contributed by atoms with Gasteiger partial charge in [0.1, 0.15) is 9.84 Å². The zero-order valence-corrected chi connectivity index (χ0v) is 9.60. The molecule has 1 unspecified atom stereocenters. The number of hydrogen-bond donors (Lipinski definition) is 1. The first-order valence-electron chi connectivity index (χ1n) is 4.68. The molecule has 1 atom stereocenters. The molecule has 1 rings (SSSR count). The van der Waals surface area contributed by atoms with E-state index >= 15 is 0 Å². The number of hydrogen-bond acceptors (Lipinski definition) is 3. The van der Waals surface area contributed by atoms with Gasteiger partial charge in [-0.05, 0) is 12.5 Å². The number of benzene rings is 1. The van der Waals surface area contributed by atoms with Gasteiger partial charge in [-0.1, -0.05) is 12.1 Å². The highest BCUT2D eigenvalue weighted by Gasteiger charge is 2.16. The number of rotatable bonds is 4. The van der Waals surface area contributed by atoms with Crippen molar-refractivity contribution in [3.05, 3.63) is 35.4 Å². The first kappa shape index (κ1) is 13.1. The molecular formula is C10H13F2NO2S. The highest BCUT2D eigenvalue weighted by Crippen LogP contribution is 2.20. The lowest BCUT2D eigenvalue weighted by atomic mass is 10.0. The summed E-state index contributed by atoms with van der Waals surface area (Å²) >= 11 is 0. The Bertz CT molecular complexity index is 474. The smallest absolute Gasteiger partial charge is 0.163 e. The molecule has 16 heavy (non-hydrogen) atoms. The summed E-state index contributed by atoms with van der Waals surface area (Å²) in [4.78, 5) is 0. The topological polar surface area (TPSA) is 60.2 Å². The Morgan fingerprint density at radius 1 is 1.38 bits per heavy atom. The summed E-state index contributed by atoms with van der Waals surface area (Å²) in [5, 5.41) is 0. The second-order valence-electron chi connectivity index (χ2n) is 3.67. The standard InChI is InChI=1S/C10H13F2NO2S/c1-16(14,15)6-5-9(13)7-3-2-4-8(11)10(7)12/h2-4,9H,5-6,13H2,1H3. The lowest BCUT2D eigenvalue weighted by Crippen LogP contribution is -2.17. The quantitative estimate of drug-likeness (QED) is 0.877. The lowest BCUT2D eigenvalue weighted by Gasteiger charge is -2.12. The average molecular weight is 249 g/mol. The Morgan fingerprint density at radius 3 is 2.56 bits per heavy atom. The van der Waals surface area contributed by atoms with Gasteiger partial charge in [-0.25, -0.2) is 17.2 Å². The van der Waals surface area contributed by atoms with Gasteiger partial charge in [0.25, 0.3) is 0 Å². The molecule has 90 valence electrons. The molecule has 0 bridgehead atoms. The van der Waals surface area contributed by atoms with Crippen molar-refractivity contribution in [2.75, 3.05) is 12.0 Å². The summed E-state index contributed by atoms with van der Waals surface area (Å²) < 4.78 is 47.9. The Labute approximate surface area is 93.2 Å². The third-order valence-electron chi connectivity index (χ3n) is 2.18. The zero-order chi connectivity index (χ0) is 12.3.